The number of rotatable bonds is 5. The Kier molecular flexibility index (Phi) is 4.97. The Bertz CT molecular complexity index is 947. The molecule has 3 aromatic rings. The lowest BCUT2D eigenvalue weighted by atomic mass is 10.0. The topological polar surface area (TPSA) is 79.3 Å². The van der Waals surface area contributed by atoms with Crippen LogP contribution >= 0.6 is 0 Å². The minimum absolute atomic E-state index is 0.000659. The maximum atomic E-state index is 12.4. The van der Waals surface area contributed by atoms with Crippen LogP contribution in [0.5, 0.6) is 0 Å². The maximum absolute atomic E-state index is 12.4. The molecule has 0 aliphatic heterocycles. The number of nitrogens with zero attached hydrogens (tertiary/aromatic N) is 1. The van der Waals surface area contributed by atoms with Crippen molar-refractivity contribution in [3.63, 3.8) is 0 Å². The van der Waals surface area contributed by atoms with Crippen molar-refractivity contribution < 1.29 is 14.8 Å². The van der Waals surface area contributed by atoms with Gasteiger partial charge in [0.05, 0.1) is 5.52 Å². The molecule has 1 heterocycles. The van der Waals surface area contributed by atoms with Gasteiger partial charge in [-0.1, -0.05) is 42.5 Å². The van der Waals surface area contributed by atoms with E-state index in [-0.39, 0.29) is 12.2 Å². The zero-order chi connectivity index (χ0) is 17.6. The Morgan fingerprint density at radius 3 is 2.60 bits per heavy atom. The zero-order valence-corrected chi connectivity index (χ0v) is 13.3. The summed E-state index contributed by atoms with van der Waals surface area (Å²) in [5.74, 6) is -0.607. The molecular formula is C20H16N2O3. The molecule has 1 amide bonds. The fourth-order valence-corrected chi connectivity index (χ4v) is 2.49. The number of Topliss-reactive ketones (excluding diaryl/α,β-unsaturated/α-hetero) is 1. The van der Waals surface area contributed by atoms with Gasteiger partial charge in [0, 0.05) is 29.6 Å². The highest BCUT2D eigenvalue weighted by Gasteiger charge is 2.08. The van der Waals surface area contributed by atoms with Crippen LogP contribution in [0.1, 0.15) is 21.5 Å². The average molecular weight is 332 g/mol. The molecule has 0 fully saturated rings. The van der Waals surface area contributed by atoms with Crippen LogP contribution in [0, 0.1) is 0 Å². The molecule has 5 heteroatoms. The Morgan fingerprint density at radius 1 is 1.08 bits per heavy atom. The van der Waals surface area contributed by atoms with Crippen molar-refractivity contribution in [1.82, 2.24) is 10.5 Å². The highest BCUT2D eigenvalue weighted by atomic mass is 16.5. The van der Waals surface area contributed by atoms with Gasteiger partial charge in [-0.05, 0) is 29.3 Å². The summed E-state index contributed by atoms with van der Waals surface area (Å²) in [6, 6.07) is 16.7. The van der Waals surface area contributed by atoms with E-state index in [0.717, 1.165) is 22.0 Å². The quantitative estimate of drug-likeness (QED) is 0.325. The highest BCUT2D eigenvalue weighted by molar-refractivity contribution is 5.98. The molecule has 3 rings (SSSR count). The second-order valence-electron chi connectivity index (χ2n) is 5.57. The summed E-state index contributed by atoms with van der Waals surface area (Å²) in [4.78, 5) is 27.8. The number of amides is 1. The van der Waals surface area contributed by atoms with E-state index < -0.39 is 5.91 Å². The third kappa shape index (κ3) is 4.16. The van der Waals surface area contributed by atoms with Gasteiger partial charge in [0.2, 0.25) is 0 Å². The summed E-state index contributed by atoms with van der Waals surface area (Å²) in [5.41, 5.74) is 4.64. The predicted octanol–water partition coefficient (Wildman–Crippen LogP) is 3.18. The standard InChI is InChI=1S/C20H16N2O3/c23-19(12-15-11-17-3-1-2-4-18(17)21-13-15)16-8-5-14(6-9-16)7-10-20(24)22-25/h1-11,13,25H,12H2,(H,22,24)/b10-7+. The van der Waals surface area contributed by atoms with Crippen molar-refractivity contribution in [2.24, 2.45) is 0 Å². The number of carbonyl (C=O) groups excluding carboxylic acids is 2. The van der Waals surface area contributed by atoms with Crippen LogP contribution in [-0.2, 0) is 11.2 Å². The van der Waals surface area contributed by atoms with Crippen molar-refractivity contribution in [3.8, 4) is 0 Å². The number of ketones is 1. The maximum Gasteiger partial charge on any atom is 0.267 e. The molecule has 5 nitrogen and oxygen atoms in total. The van der Waals surface area contributed by atoms with Crippen LogP contribution in [0.2, 0.25) is 0 Å². The summed E-state index contributed by atoms with van der Waals surface area (Å²) < 4.78 is 0. The van der Waals surface area contributed by atoms with E-state index in [2.05, 4.69) is 4.98 Å². The van der Waals surface area contributed by atoms with Gasteiger partial charge in [-0.15, -0.1) is 0 Å². The Labute approximate surface area is 144 Å². The third-order valence-electron chi connectivity index (χ3n) is 3.78. The summed E-state index contributed by atoms with van der Waals surface area (Å²) in [7, 11) is 0. The Hall–Kier alpha value is -3.31. The van der Waals surface area contributed by atoms with Crippen LogP contribution in [-0.4, -0.2) is 21.9 Å². The molecule has 0 bridgehead atoms. The van der Waals surface area contributed by atoms with Gasteiger partial charge in [-0.3, -0.25) is 19.8 Å². The minimum atomic E-state index is -0.607. The van der Waals surface area contributed by atoms with Gasteiger partial charge in [0.15, 0.2) is 5.78 Å². The first-order valence-corrected chi connectivity index (χ1v) is 7.75. The van der Waals surface area contributed by atoms with Gasteiger partial charge < -0.3 is 0 Å². The largest absolute Gasteiger partial charge is 0.294 e. The molecule has 0 saturated heterocycles. The molecule has 0 radical (unpaired) electrons. The van der Waals surface area contributed by atoms with Gasteiger partial charge >= 0.3 is 0 Å². The Balaban J connectivity index is 1.71. The van der Waals surface area contributed by atoms with E-state index in [9.17, 15) is 9.59 Å². The number of fused-ring (bicyclic) bond motifs is 1. The first kappa shape index (κ1) is 16.5. The normalized spacial score (nSPS) is 10.9. The van der Waals surface area contributed by atoms with Crippen LogP contribution < -0.4 is 5.48 Å². The Morgan fingerprint density at radius 2 is 1.84 bits per heavy atom. The molecule has 124 valence electrons. The van der Waals surface area contributed by atoms with Gasteiger partial charge in [0.1, 0.15) is 0 Å². The van der Waals surface area contributed by atoms with E-state index >= 15 is 0 Å². The summed E-state index contributed by atoms with van der Waals surface area (Å²) in [5, 5.41) is 9.45. The first-order valence-electron chi connectivity index (χ1n) is 7.75. The summed E-state index contributed by atoms with van der Waals surface area (Å²) in [6.07, 6.45) is 4.76. The molecule has 0 saturated carbocycles. The molecule has 0 unspecified atom stereocenters. The van der Waals surface area contributed by atoms with E-state index in [1.54, 1.807) is 36.5 Å². The van der Waals surface area contributed by atoms with Crippen molar-refractivity contribution in [2.45, 2.75) is 6.42 Å². The van der Waals surface area contributed by atoms with Gasteiger partial charge in [0.25, 0.3) is 5.91 Å². The number of nitrogens with one attached hydrogen (secondary N) is 1. The lowest BCUT2D eigenvalue weighted by Gasteiger charge is -2.04. The molecule has 2 aromatic carbocycles. The van der Waals surface area contributed by atoms with Gasteiger partial charge in [-0.25, -0.2) is 5.48 Å². The molecule has 0 aliphatic carbocycles. The SMILES string of the molecule is O=C(/C=C/c1ccc(C(=O)Cc2cnc3ccccc3c2)cc1)NO. The number of hydrogen-bond acceptors (Lipinski definition) is 4. The number of carbonyl (C=O) groups is 2. The van der Waals surface area contributed by atoms with Gasteiger partial charge in [-0.2, -0.15) is 0 Å². The smallest absolute Gasteiger partial charge is 0.267 e. The number of benzene rings is 2. The highest BCUT2D eigenvalue weighted by Crippen LogP contribution is 2.15. The molecule has 2 N–H and O–H groups in total. The van der Waals surface area contributed by atoms with E-state index in [1.807, 2.05) is 30.3 Å². The third-order valence-corrected chi connectivity index (χ3v) is 3.78. The summed E-state index contributed by atoms with van der Waals surface area (Å²) >= 11 is 0. The molecular weight excluding hydrogens is 316 g/mol. The number of hydroxylamine groups is 1. The lowest BCUT2D eigenvalue weighted by molar-refractivity contribution is -0.124. The van der Waals surface area contributed by atoms with Crippen molar-refractivity contribution in [3.05, 3.63) is 83.6 Å². The zero-order valence-electron chi connectivity index (χ0n) is 13.3. The number of para-hydroxylation sites is 1. The van der Waals surface area contributed by atoms with Crippen molar-refractivity contribution >= 4 is 28.7 Å². The minimum Gasteiger partial charge on any atom is -0.294 e. The molecule has 1 aromatic heterocycles. The fraction of sp³-hybridized carbons (Fsp3) is 0.0500. The number of hydrogen-bond donors (Lipinski definition) is 2. The van der Waals surface area contributed by atoms with Crippen molar-refractivity contribution in [2.75, 3.05) is 0 Å². The molecule has 25 heavy (non-hydrogen) atoms. The number of pyridine rings is 1. The van der Waals surface area contributed by atoms with Crippen LogP contribution in [0.15, 0.2) is 66.9 Å². The molecule has 0 atom stereocenters. The molecule has 0 aliphatic rings. The summed E-state index contributed by atoms with van der Waals surface area (Å²) in [6.45, 7) is 0. The van der Waals surface area contributed by atoms with Crippen LogP contribution in [0.3, 0.4) is 0 Å². The average Bonchev–Trinajstić information content (AvgIpc) is 2.66. The second kappa shape index (κ2) is 7.51. The number of aromatic nitrogens is 1. The van der Waals surface area contributed by atoms with Crippen LogP contribution in [0.25, 0.3) is 17.0 Å². The lowest BCUT2D eigenvalue weighted by Crippen LogP contribution is -2.14. The van der Waals surface area contributed by atoms with Crippen molar-refractivity contribution in [1.29, 1.82) is 0 Å². The molecule has 0 spiro atoms. The van der Waals surface area contributed by atoms with E-state index in [1.165, 1.54) is 11.6 Å². The fourth-order valence-electron chi connectivity index (χ4n) is 2.49. The van der Waals surface area contributed by atoms with Crippen LogP contribution in [0.4, 0.5) is 0 Å². The van der Waals surface area contributed by atoms with E-state index in [0.29, 0.717) is 5.56 Å². The predicted molar refractivity (Wildman–Crippen MR) is 95.2 cm³/mol. The monoisotopic (exact) mass is 332 g/mol. The van der Waals surface area contributed by atoms with E-state index in [4.69, 9.17) is 5.21 Å². The first-order chi connectivity index (χ1) is 12.2. The second-order valence-corrected chi connectivity index (χ2v) is 5.57.